The van der Waals surface area contributed by atoms with Gasteiger partial charge in [-0.1, -0.05) is 0 Å². The number of carbonyl (C=O) groups excluding carboxylic acids is 3. The van der Waals surface area contributed by atoms with Crippen LogP contribution in [0.15, 0.2) is 0 Å². The van der Waals surface area contributed by atoms with Gasteiger partial charge in [-0.2, -0.15) is 0 Å². The molecule has 0 aromatic rings. The summed E-state index contributed by atoms with van der Waals surface area (Å²) in [5, 5.41) is 8.30. The van der Waals surface area contributed by atoms with Crippen molar-refractivity contribution >= 4 is 23.8 Å². The van der Waals surface area contributed by atoms with E-state index in [1.54, 1.807) is 0 Å². The summed E-state index contributed by atoms with van der Waals surface area (Å²) in [5.74, 6) is -1.38. The Balaban J connectivity index is 3.57. The molecule has 0 spiro atoms. The third kappa shape index (κ3) is 8.80. The Morgan fingerprint density at radius 3 is 1.80 bits per heavy atom. The molecule has 1 N–H and O–H groups in total. The fourth-order valence-corrected chi connectivity index (χ4v) is 0.995. The number of Topliss-reactive ketones (excluding diaryl/α,β-unsaturated/α-hetero) is 2. The lowest BCUT2D eigenvalue weighted by Gasteiger charge is -1.98. The molecule has 0 aliphatic heterocycles. The van der Waals surface area contributed by atoms with E-state index in [0.717, 1.165) is 0 Å². The minimum atomic E-state index is -1.02. The summed E-state index contributed by atoms with van der Waals surface area (Å²) in [6.07, 6.45) is 0.955. The van der Waals surface area contributed by atoms with E-state index in [-0.39, 0.29) is 50.1 Å². The van der Waals surface area contributed by atoms with Gasteiger partial charge in [0.1, 0.15) is 17.9 Å². The van der Waals surface area contributed by atoms with Crippen molar-refractivity contribution in [3.05, 3.63) is 0 Å². The van der Waals surface area contributed by atoms with Crippen LogP contribution in [0.4, 0.5) is 0 Å². The van der Waals surface area contributed by atoms with Gasteiger partial charge in [0.25, 0.3) is 0 Å². The summed E-state index contributed by atoms with van der Waals surface area (Å²) in [6, 6.07) is 0. The molecule has 0 unspecified atom stereocenters. The number of rotatable bonds is 9. The van der Waals surface area contributed by atoms with Crippen molar-refractivity contribution in [3.63, 3.8) is 0 Å². The van der Waals surface area contributed by atoms with Crippen LogP contribution in [-0.2, 0) is 19.2 Å². The van der Waals surface area contributed by atoms with Crippen molar-refractivity contribution in [2.45, 2.75) is 38.5 Å². The second-order valence-corrected chi connectivity index (χ2v) is 3.18. The molecule has 0 aliphatic rings. The maximum absolute atomic E-state index is 11.0. The molecule has 0 saturated carbocycles. The second kappa shape index (κ2) is 7.84. The average Bonchev–Trinajstić information content (AvgIpc) is 2.20. The van der Waals surface area contributed by atoms with Gasteiger partial charge >= 0.3 is 5.97 Å². The molecule has 0 radical (unpaired) electrons. The quantitative estimate of drug-likeness (QED) is 0.572. The molecule has 5 nitrogen and oxygen atoms in total. The summed E-state index contributed by atoms with van der Waals surface area (Å²) in [5.41, 5.74) is 0. The molecular weight excluding hydrogens is 200 g/mol. The molecule has 0 heterocycles. The SMILES string of the molecule is O=CCCC(=O)CCC(=O)CCC(=O)O. The van der Waals surface area contributed by atoms with Gasteiger partial charge < -0.3 is 9.90 Å². The van der Waals surface area contributed by atoms with Gasteiger partial charge in [-0.25, -0.2) is 0 Å². The van der Waals surface area contributed by atoms with E-state index in [9.17, 15) is 19.2 Å². The Bertz CT molecular complexity index is 257. The maximum atomic E-state index is 11.0. The van der Waals surface area contributed by atoms with E-state index in [4.69, 9.17) is 5.11 Å². The molecular formula is C10H14O5. The summed E-state index contributed by atoms with van der Waals surface area (Å²) in [7, 11) is 0. The van der Waals surface area contributed by atoms with Gasteiger partial charge in [0.05, 0.1) is 6.42 Å². The zero-order valence-electron chi connectivity index (χ0n) is 8.40. The van der Waals surface area contributed by atoms with E-state index >= 15 is 0 Å². The van der Waals surface area contributed by atoms with E-state index in [0.29, 0.717) is 6.29 Å². The van der Waals surface area contributed by atoms with Crippen molar-refractivity contribution in [3.8, 4) is 0 Å². The fraction of sp³-hybridized carbons (Fsp3) is 0.600. The van der Waals surface area contributed by atoms with Crippen molar-refractivity contribution in [2.24, 2.45) is 0 Å². The zero-order chi connectivity index (χ0) is 11.7. The van der Waals surface area contributed by atoms with Crippen LogP contribution >= 0.6 is 0 Å². The summed E-state index contributed by atoms with van der Waals surface area (Å²) < 4.78 is 0. The smallest absolute Gasteiger partial charge is 0.303 e. The van der Waals surface area contributed by atoms with Crippen molar-refractivity contribution < 1.29 is 24.3 Å². The number of aldehydes is 1. The normalized spacial score (nSPS) is 9.60. The zero-order valence-corrected chi connectivity index (χ0v) is 8.40. The Morgan fingerprint density at radius 2 is 1.33 bits per heavy atom. The summed E-state index contributed by atoms with van der Waals surface area (Å²) in [6.45, 7) is 0. The molecule has 0 rings (SSSR count). The second-order valence-electron chi connectivity index (χ2n) is 3.18. The van der Waals surface area contributed by atoms with Crippen LogP contribution in [0.25, 0.3) is 0 Å². The van der Waals surface area contributed by atoms with Crippen molar-refractivity contribution in [1.82, 2.24) is 0 Å². The third-order valence-electron chi connectivity index (χ3n) is 1.84. The number of carbonyl (C=O) groups is 4. The van der Waals surface area contributed by atoms with Crippen LogP contribution in [0.2, 0.25) is 0 Å². The van der Waals surface area contributed by atoms with Gasteiger partial charge in [-0.3, -0.25) is 14.4 Å². The van der Waals surface area contributed by atoms with Crippen LogP contribution in [0.1, 0.15) is 38.5 Å². The predicted molar refractivity (Wildman–Crippen MR) is 51.4 cm³/mol. The number of hydrogen-bond acceptors (Lipinski definition) is 4. The summed E-state index contributed by atoms with van der Waals surface area (Å²) in [4.78, 5) is 42.1. The molecule has 0 bridgehead atoms. The first kappa shape index (κ1) is 13.5. The molecule has 0 fully saturated rings. The van der Waals surface area contributed by atoms with Gasteiger partial charge in [0.2, 0.25) is 0 Å². The van der Waals surface area contributed by atoms with Crippen LogP contribution in [0.5, 0.6) is 0 Å². The predicted octanol–water partition coefficient (Wildman–Crippen LogP) is 0.749. The van der Waals surface area contributed by atoms with E-state index < -0.39 is 5.97 Å². The molecule has 15 heavy (non-hydrogen) atoms. The van der Waals surface area contributed by atoms with Crippen LogP contribution in [0.3, 0.4) is 0 Å². The molecule has 0 atom stereocenters. The van der Waals surface area contributed by atoms with Gasteiger partial charge in [0, 0.05) is 32.1 Å². The number of aliphatic carboxylic acids is 1. The van der Waals surface area contributed by atoms with E-state index in [2.05, 4.69) is 0 Å². The number of ketones is 2. The molecule has 0 saturated heterocycles. The number of hydrogen-bond donors (Lipinski definition) is 1. The first-order valence-corrected chi connectivity index (χ1v) is 4.75. The molecule has 0 aliphatic carbocycles. The topological polar surface area (TPSA) is 88.5 Å². The Kier molecular flexibility index (Phi) is 7.05. The van der Waals surface area contributed by atoms with E-state index in [1.165, 1.54) is 0 Å². The lowest BCUT2D eigenvalue weighted by atomic mass is 10.1. The molecule has 0 aromatic carbocycles. The highest BCUT2D eigenvalue weighted by Gasteiger charge is 2.08. The highest BCUT2D eigenvalue weighted by atomic mass is 16.4. The maximum Gasteiger partial charge on any atom is 0.303 e. The standard InChI is InChI=1S/C10H14O5/c11-7-1-2-8(12)3-4-9(13)5-6-10(14)15/h7H,1-6H2,(H,14,15). The minimum absolute atomic E-state index is 0.0315. The lowest BCUT2D eigenvalue weighted by molar-refractivity contribution is -0.138. The average molecular weight is 214 g/mol. The lowest BCUT2D eigenvalue weighted by Crippen LogP contribution is -2.06. The van der Waals surface area contributed by atoms with Gasteiger partial charge in [-0.15, -0.1) is 0 Å². The molecule has 0 amide bonds. The van der Waals surface area contributed by atoms with Gasteiger partial charge in [0.15, 0.2) is 0 Å². The molecule has 5 heteroatoms. The highest BCUT2D eigenvalue weighted by Crippen LogP contribution is 2.02. The van der Waals surface area contributed by atoms with Crippen LogP contribution < -0.4 is 0 Å². The van der Waals surface area contributed by atoms with Crippen LogP contribution in [-0.4, -0.2) is 28.9 Å². The monoisotopic (exact) mass is 214 g/mol. The largest absolute Gasteiger partial charge is 0.481 e. The summed E-state index contributed by atoms with van der Waals surface area (Å²) >= 11 is 0. The Labute approximate surface area is 87.5 Å². The fourth-order valence-electron chi connectivity index (χ4n) is 0.995. The van der Waals surface area contributed by atoms with Crippen LogP contribution in [0, 0.1) is 0 Å². The first-order valence-electron chi connectivity index (χ1n) is 4.75. The van der Waals surface area contributed by atoms with Crippen molar-refractivity contribution in [1.29, 1.82) is 0 Å². The molecule has 84 valence electrons. The van der Waals surface area contributed by atoms with E-state index in [1.807, 2.05) is 0 Å². The molecule has 0 aromatic heterocycles. The van der Waals surface area contributed by atoms with Crippen molar-refractivity contribution in [2.75, 3.05) is 0 Å². The highest BCUT2D eigenvalue weighted by molar-refractivity contribution is 5.88. The first-order chi connectivity index (χ1) is 7.06. The number of carboxylic acids is 1. The Morgan fingerprint density at radius 1 is 0.867 bits per heavy atom. The number of carboxylic acid groups (broad SMARTS) is 1. The van der Waals surface area contributed by atoms with Gasteiger partial charge in [-0.05, 0) is 0 Å². The Hall–Kier alpha value is -1.52. The third-order valence-corrected chi connectivity index (χ3v) is 1.84. The minimum Gasteiger partial charge on any atom is -0.481 e.